The molecule has 6 heteroatoms. The fraction of sp³-hybridized carbons (Fsp3) is 0.133. The van der Waals surface area contributed by atoms with Gasteiger partial charge in [-0.15, -0.1) is 0 Å². The van der Waals surface area contributed by atoms with Gasteiger partial charge in [-0.05, 0) is 71.5 Å². The summed E-state index contributed by atoms with van der Waals surface area (Å²) in [6, 6.07) is 10.5. The van der Waals surface area contributed by atoms with Crippen molar-refractivity contribution in [2.75, 3.05) is 5.32 Å². The zero-order chi connectivity index (χ0) is 15.6. The number of halogens is 4. The quantitative estimate of drug-likeness (QED) is 0.710. The summed E-state index contributed by atoms with van der Waals surface area (Å²) in [5.41, 5.74) is -0.112. The van der Waals surface area contributed by atoms with Gasteiger partial charge in [-0.2, -0.15) is 13.2 Å². The monoisotopic (exact) mass is 405 g/mol. The molecule has 2 aromatic carbocycles. The number of amides is 1. The maximum absolute atomic E-state index is 12.8. The number of hydrogen-bond donors (Lipinski definition) is 1. The van der Waals surface area contributed by atoms with Crippen LogP contribution in [-0.2, 0) is 6.18 Å². The van der Waals surface area contributed by atoms with Crippen LogP contribution >= 0.6 is 22.6 Å². The topological polar surface area (TPSA) is 29.1 Å². The Balaban J connectivity index is 2.24. The van der Waals surface area contributed by atoms with Crippen LogP contribution < -0.4 is 5.32 Å². The molecule has 0 aromatic heterocycles. The van der Waals surface area contributed by atoms with Crippen LogP contribution in [-0.4, -0.2) is 5.91 Å². The summed E-state index contributed by atoms with van der Waals surface area (Å²) in [5.74, 6) is -0.441. The number of carbonyl (C=O) groups excluding carboxylic acids is 1. The highest BCUT2D eigenvalue weighted by Crippen LogP contribution is 2.33. The van der Waals surface area contributed by atoms with Gasteiger partial charge in [0.05, 0.1) is 5.56 Å². The van der Waals surface area contributed by atoms with Crippen LogP contribution in [0, 0.1) is 10.5 Å². The number of carbonyl (C=O) groups is 1. The van der Waals surface area contributed by atoms with E-state index in [1.54, 1.807) is 24.3 Å². The molecule has 2 nitrogen and oxygen atoms in total. The van der Waals surface area contributed by atoms with Crippen molar-refractivity contribution >= 4 is 34.2 Å². The van der Waals surface area contributed by atoms with Crippen LogP contribution in [0.4, 0.5) is 18.9 Å². The fourth-order valence-electron chi connectivity index (χ4n) is 1.81. The van der Waals surface area contributed by atoms with Gasteiger partial charge in [0.1, 0.15) is 0 Å². The van der Waals surface area contributed by atoms with Gasteiger partial charge in [0, 0.05) is 14.8 Å². The number of anilines is 1. The summed E-state index contributed by atoms with van der Waals surface area (Å²) < 4.78 is 39.4. The molecule has 0 fully saturated rings. The van der Waals surface area contributed by atoms with Crippen LogP contribution in [0.25, 0.3) is 0 Å². The number of benzene rings is 2. The Morgan fingerprint density at radius 1 is 1.10 bits per heavy atom. The van der Waals surface area contributed by atoms with E-state index in [1.807, 2.05) is 0 Å². The molecule has 0 unspecified atom stereocenters. The summed E-state index contributed by atoms with van der Waals surface area (Å²) in [6.07, 6.45) is -4.44. The third-order valence-corrected chi connectivity index (χ3v) is 3.63. The fourth-order valence-corrected chi connectivity index (χ4v) is 2.17. The van der Waals surface area contributed by atoms with Crippen LogP contribution in [0.5, 0.6) is 0 Å². The molecule has 0 radical (unpaired) electrons. The maximum atomic E-state index is 12.8. The van der Waals surface area contributed by atoms with E-state index < -0.39 is 17.6 Å². The second-order valence-electron chi connectivity index (χ2n) is 4.49. The minimum absolute atomic E-state index is 0.120. The normalized spacial score (nSPS) is 11.3. The Kier molecular flexibility index (Phi) is 4.55. The molecule has 21 heavy (non-hydrogen) atoms. The standard InChI is InChI=1S/C15H11F3INO/c1-9-2-7-12(8-13(9)15(16,17)18)20-14(21)10-3-5-11(19)6-4-10/h2-8H,1H3,(H,20,21). The van der Waals surface area contributed by atoms with E-state index in [2.05, 4.69) is 27.9 Å². The Hall–Kier alpha value is -1.57. The molecule has 1 N–H and O–H groups in total. The molecule has 0 heterocycles. The second kappa shape index (κ2) is 6.05. The van der Waals surface area contributed by atoms with Crippen molar-refractivity contribution in [1.29, 1.82) is 0 Å². The molecule has 0 saturated carbocycles. The summed E-state index contributed by atoms with van der Waals surface area (Å²) in [5, 5.41) is 2.48. The van der Waals surface area contributed by atoms with E-state index in [0.717, 1.165) is 9.64 Å². The number of nitrogens with one attached hydrogen (secondary N) is 1. The smallest absolute Gasteiger partial charge is 0.322 e. The highest BCUT2D eigenvalue weighted by molar-refractivity contribution is 14.1. The van der Waals surface area contributed by atoms with Crippen molar-refractivity contribution in [2.45, 2.75) is 13.1 Å². The maximum Gasteiger partial charge on any atom is 0.416 e. The number of alkyl halides is 3. The third-order valence-electron chi connectivity index (χ3n) is 2.91. The zero-order valence-corrected chi connectivity index (χ0v) is 13.1. The van der Waals surface area contributed by atoms with Gasteiger partial charge in [0.25, 0.3) is 5.91 Å². The van der Waals surface area contributed by atoms with Crippen molar-refractivity contribution in [2.24, 2.45) is 0 Å². The van der Waals surface area contributed by atoms with E-state index in [9.17, 15) is 18.0 Å². The molecular weight excluding hydrogens is 394 g/mol. The average molecular weight is 405 g/mol. The minimum atomic E-state index is -4.44. The van der Waals surface area contributed by atoms with Crippen LogP contribution in [0.3, 0.4) is 0 Å². The van der Waals surface area contributed by atoms with E-state index in [-0.39, 0.29) is 11.3 Å². The SMILES string of the molecule is Cc1ccc(NC(=O)c2ccc(I)cc2)cc1C(F)(F)F. The third kappa shape index (κ3) is 3.96. The summed E-state index contributed by atoms with van der Waals surface area (Å²) >= 11 is 2.10. The Morgan fingerprint density at radius 2 is 1.71 bits per heavy atom. The first kappa shape index (κ1) is 15.8. The van der Waals surface area contributed by atoms with Gasteiger partial charge in [-0.3, -0.25) is 4.79 Å². The second-order valence-corrected chi connectivity index (χ2v) is 5.73. The molecule has 2 rings (SSSR count). The highest BCUT2D eigenvalue weighted by Gasteiger charge is 2.32. The van der Waals surface area contributed by atoms with Gasteiger partial charge in [-0.1, -0.05) is 6.07 Å². The first-order chi connectivity index (χ1) is 9.77. The summed E-state index contributed by atoms with van der Waals surface area (Å²) in [7, 11) is 0. The van der Waals surface area contributed by atoms with E-state index in [1.165, 1.54) is 19.1 Å². The molecule has 0 aliphatic rings. The highest BCUT2D eigenvalue weighted by atomic mass is 127. The molecule has 110 valence electrons. The van der Waals surface area contributed by atoms with Crippen LogP contribution in [0.1, 0.15) is 21.5 Å². The Bertz CT molecular complexity index is 666. The zero-order valence-electron chi connectivity index (χ0n) is 11.0. The van der Waals surface area contributed by atoms with Crippen molar-refractivity contribution in [3.8, 4) is 0 Å². The number of aryl methyl sites for hydroxylation is 1. The summed E-state index contributed by atoms with van der Waals surface area (Å²) in [6.45, 7) is 1.38. The van der Waals surface area contributed by atoms with Gasteiger partial charge < -0.3 is 5.32 Å². The van der Waals surface area contributed by atoms with Crippen molar-refractivity contribution in [1.82, 2.24) is 0 Å². The molecule has 0 spiro atoms. The lowest BCUT2D eigenvalue weighted by Gasteiger charge is -2.12. The lowest BCUT2D eigenvalue weighted by Crippen LogP contribution is -2.14. The predicted molar refractivity (Wildman–Crippen MR) is 83.3 cm³/mol. The lowest BCUT2D eigenvalue weighted by atomic mass is 10.1. The molecule has 0 bridgehead atoms. The van der Waals surface area contributed by atoms with Gasteiger partial charge >= 0.3 is 6.18 Å². The number of hydrogen-bond acceptors (Lipinski definition) is 1. The van der Waals surface area contributed by atoms with Crippen LogP contribution in [0.15, 0.2) is 42.5 Å². The predicted octanol–water partition coefficient (Wildman–Crippen LogP) is 4.87. The molecule has 0 aliphatic carbocycles. The largest absolute Gasteiger partial charge is 0.416 e. The van der Waals surface area contributed by atoms with Gasteiger partial charge in [0.2, 0.25) is 0 Å². The molecule has 0 aliphatic heterocycles. The average Bonchev–Trinajstić information content (AvgIpc) is 2.40. The van der Waals surface area contributed by atoms with Gasteiger partial charge in [-0.25, -0.2) is 0 Å². The van der Waals surface area contributed by atoms with Crippen molar-refractivity contribution in [3.05, 3.63) is 62.7 Å². The molecule has 0 saturated heterocycles. The Morgan fingerprint density at radius 3 is 2.29 bits per heavy atom. The molecule has 1 amide bonds. The van der Waals surface area contributed by atoms with Crippen molar-refractivity contribution in [3.63, 3.8) is 0 Å². The van der Waals surface area contributed by atoms with Crippen LogP contribution in [0.2, 0.25) is 0 Å². The van der Waals surface area contributed by atoms with Crippen molar-refractivity contribution < 1.29 is 18.0 Å². The number of rotatable bonds is 2. The van der Waals surface area contributed by atoms with E-state index in [0.29, 0.717) is 5.56 Å². The van der Waals surface area contributed by atoms with E-state index >= 15 is 0 Å². The minimum Gasteiger partial charge on any atom is -0.322 e. The lowest BCUT2D eigenvalue weighted by molar-refractivity contribution is -0.138. The molecule has 0 atom stereocenters. The van der Waals surface area contributed by atoms with Gasteiger partial charge in [0.15, 0.2) is 0 Å². The Labute approximate surface area is 133 Å². The molecular formula is C15H11F3INO. The first-order valence-corrected chi connectivity index (χ1v) is 7.10. The van der Waals surface area contributed by atoms with E-state index in [4.69, 9.17) is 0 Å². The first-order valence-electron chi connectivity index (χ1n) is 6.02. The summed E-state index contributed by atoms with van der Waals surface area (Å²) in [4.78, 5) is 12.0. The molecule has 2 aromatic rings.